The average Bonchev–Trinajstić information content (AvgIpc) is 3.06. The summed E-state index contributed by atoms with van der Waals surface area (Å²) >= 11 is 0. The Bertz CT molecular complexity index is 651. The molecule has 11 atom stereocenters. The number of carbonyl (C=O) groups excluding carboxylic acids is 1. The summed E-state index contributed by atoms with van der Waals surface area (Å²) in [5.74, 6) is 1.81. The number of hydrogen-bond donors (Lipinski definition) is 3. The van der Waals surface area contributed by atoms with Crippen LogP contribution < -0.4 is 0 Å². The fourth-order valence-electron chi connectivity index (χ4n) is 8.78. The van der Waals surface area contributed by atoms with E-state index in [1.807, 2.05) is 0 Å². The standard InChI is InChI=1S/C25H42O5/c1-14(5-8-22(29)30-4)17-6-7-18-23-19(13-21(28)25(17,18)3)24(2)10-9-16(26)11-15(24)12-20(23)27/h14-21,23,26-28H,5-13H2,1-4H3/t14?,15-,16+,17?,18?,19?,20+,21-,23?,24-,25+/m0/s1. The van der Waals surface area contributed by atoms with Crippen molar-refractivity contribution in [2.24, 2.45) is 46.3 Å². The van der Waals surface area contributed by atoms with Crippen molar-refractivity contribution in [2.45, 2.75) is 96.9 Å². The van der Waals surface area contributed by atoms with Gasteiger partial charge in [-0.15, -0.1) is 0 Å². The van der Waals surface area contributed by atoms with E-state index in [4.69, 9.17) is 4.74 Å². The SMILES string of the molecule is COC(=O)CCC(C)C1CCC2C3C(C[C@H](O)[C@]12C)[C@@]1(C)CC[C@@H](O)C[C@H]1C[C@H]3O. The molecule has 0 saturated heterocycles. The minimum atomic E-state index is -0.369. The fourth-order valence-corrected chi connectivity index (χ4v) is 8.78. The molecule has 0 aromatic rings. The van der Waals surface area contributed by atoms with Crippen LogP contribution in [-0.2, 0) is 9.53 Å². The number of hydrogen-bond acceptors (Lipinski definition) is 5. The topological polar surface area (TPSA) is 87.0 Å². The van der Waals surface area contributed by atoms with Gasteiger partial charge in [0, 0.05) is 6.42 Å². The lowest BCUT2D eigenvalue weighted by atomic mass is 9.43. The molecule has 0 spiro atoms. The zero-order valence-corrected chi connectivity index (χ0v) is 19.2. The summed E-state index contributed by atoms with van der Waals surface area (Å²) < 4.78 is 4.83. The molecule has 172 valence electrons. The van der Waals surface area contributed by atoms with Crippen LogP contribution in [0.15, 0.2) is 0 Å². The van der Waals surface area contributed by atoms with E-state index >= 15 is 0 Å². The van der Waals surface area contributed by atoms with E-state index in [1.54, 1.807) is 0 Å². The van der Waals surface area contributed by atoms with Gasteiger partial charge < -0.3 is 20.1 Å². The molecule has 30 heavy (non-hydrogen) atoms. The van der Waals surface area contributed by atoms with Gasteiger partial charge >= 0.3 is 5.97 Å². The lowest BCUT2D eigenvalue weighted by Gasteiger charge is -2.63. The van der Waals surface area contributed by atoms with E-state index in [0.29, 0.717) is 36.0 Å². The van der Waals surface area contributed by atoms with E-state index in [9.17, 15) is 20.1 Å². The van der Waals surface area contributed by atoms with Crippen LogP contribution in [0.1, 0.15) is 78.6 Å². The summed E-state index contributed by atoms with van der Waals surface area (Å²) in [4.78, 5) is 11.7. The molecule has 0 amide bonds. The Kier molecular flexibility index (Phi) is 6.04. The van der Waals surface area contributed by atoms with Crippen LogP contribution in [0.25, 0.3) is 0 Å². The van der Waals surface area contributed by atoms with Gasteiger partial charge in [0.2, 0.25) is 0 Å². The summed E-state index contributed by atoms with van der Waals surface area (Å²) in [6.45, 7) is 6.85. The Morgan fingerprint density at radius 1 is 1.07 bits per heavy atom. The zero-order chi connectivity index (χ0) is 21.8. The molecule has 0 heterocycles. The monoisotopic (exact) mass is 422 g/mol. The van der Waals surface area contributed by atoms with Gasteiger partial charge in [-0.2, -0.15) is 0 Å². The second kappa shape index (κ2) is 8.04. The van der Waals surface area contributed by atoms with Gasteiger partial charge in [-0.05, 0) is 97.7 Å². The molecule has 4 aliphatic rings. The molecule has 5 heteroatoms. The largest absolute Gasteiger partial charge is 0.469 e. The van der Waals surface area contributed by atoms with Gasteiger partial charge in [0.05, 0.1) is 25.4 Å². The van der Waals surface area contributed by atoms with Crippen molar-refractivity contribution >= 4 is 5.97 Å². The van der Waals surface area contributed by atoms with Gasteiger partial charge in [0.25, 0.3) is 0 Å². The van der Waals surface area contributed by atoms with E-state index in [-0.39, 0.29) is 41.0 Å². The Morgan fingerprint density at radius 3 is 2.50 bits per heavy atom. The van der Waals surface area contributed by atoms with E-state index in [1.165, 1.54) is 7.11 Å². The number of methoxy groups -OCH3 is 1. The summed E-state index contributed by atoms with van der Waals surface area (Å²) in [5, 5.41) is 33.1. The summed E-state index contributed by atoms with van der Waals surface area (Å²) in [6, 6.07) is 0. The first-order chi connectivity index (χ1) is 14.1. The summed E-state index contributed by atoms with van der Waals surface area (Å²) in [7, 11) is 1.44. The van der Waals surface area contributed by atoms with Crippen LogP contribution in [0, 0.1) is 46.3 Å². The van der Waals surface area contributed by atoms with Crippen LogP contribution >= 0.6 is 0 Å². The number of aliphatic hydroxyl groups excluding tert-OH is 3. The highest BCUT2D eigenvalue weighted by Gasteiger charge is 2.65. The van der Waals surface area contributed by atoms with Gasteiger partial charge in [-0.1, -0.05) is 20.8 Å². The fraction of sp³-hybridized carbons (Fsp3) is 0.960. The molecule has 0 radical (unpaired) electrons. The number of ether oxygens (including phenoxy) is 1. The van der Waals surface area contributed by atoms with Crippen molar-refractivity contribution in [1.29, 1.82) is 0 Å². The first kappa shape index (κ1) is 22.5. The number of carbonyl (C=O) groups is 1. The lowest BCUT2D eigenvalue weighted by Crippen LogP contribution is -2.62. The smallest absolute Gasteiger partial charge is 0.305 e. The predicted molar refractivity (Wildman–Crippen MR) is 114 cm³/mol. The van der Waals surface area contributed by atoms with E-state index < -0.39 is 0 Å². The number of aliphatic hydroxyl groups is 3. The Balaban J connectivity index is 1.58. The molecule has 0 aromatic heterocycles. The maximum Gasteiger partial charge on any atom is 0.305 e. The molecule has 4 fully saturated rings. The molecule has 0 aliphatic heterocycles. The van der Waals surface area contributed by atoms with Crippen LogP contribution in [0.3, 0.4) is 0 Å². The highest BCUT2D eigenvalue weighted by atomic mass is 16.5. The van der Waals surface area contributed by atoms with Gasteiger partial charge in [0.15, 0.2) is 0 Å². The highest BCUT2D eigenvalue weighted by Crippen LogP contribution is 2.68. The molecule has 4 saturated carbocycles. The summed E-state index contributed by atoms with van der Waals surface area (Å²) in [5.41, 5.74) is -0.0882. The summed E-state index contributed by atoms with van der Waals surface area (Å²) in [6.07, 6.45) is 6.60. The number of rotatable bonds is 4. The van der Waals surface area contributed by atoms with Crippen molar-refractivity contribution in [1.82, 2.24) is 0 Å². The Hall–Kier alpha value is -0.650. The number of esters is 1. The third-order valence-electron chi connectivity index (χ3n) is 10.6. The van der Waals surface area contributed by atoms with Crippen molar-refractivity contribution in [3.8, 4) is 0 Å². The zero-order valence-electron chi connectivity index (χ0n) is 19.2. The maximum absolute atomic E-state index is 11.7. The second-order valence-electron chi connectivity index (χ2n) is 11.6. The molecule has 3 N–H and O–H groups in total. The molecular formula is C25H42O5. The Labute approximate surface area is 181 Å². The van der Waals surface area contributed by atoms with Crippen molar-refractivity contribution < 1.29 is 24.9 Å². The normalized spacial score (nSPS) is 51.4. The van der Waals surface area contributed by atoms with E-state index in [0.717, 1.165) is 51.4 Å². The van der Waals surface area contributed by atoms with Gasteiger partial charge in [0.1, 0.15) is 0 Å². The molecule has 0 bridgehead atoms. The maximum atomic E-state index is 11.7. The third kappa shape index (κ3) is 3.34. The van der Waals surface area contributed by atoms with Crippen molar-refractivity contribution in [3.63, 3.8) is 0 Å². The van der Waals surface area contributed by atoms with Crippen LogP contribution in [-0.4, -0.2) is 46.7 Å². The Morgan fingerprint density at radius 2 is 1.80 bits per heavy atom. The van der Waals surface area contributed by atoms with E-state index in [2.05, 4.69) is 20.8 Å². The van der Waals surface area contributed by atoms with Crippen LogP contribution in [0.2, 0.25) is 0 Å². The van der Waals surface area contributed by atoms with Crippen molar-refractivity contribution in [2.75, 3.05) is 7.11 Å². The predicted octanol–water partition coefficient (Wildman–Crippen LogP) is 3.54. The van der Waals surface area contributed by atoms with Crippen LogP contribution in [0.4, 0.5) is 0 Å². The van der Waals surface area contributed by atoms with Gasteiger partial charge in [-0.3, -0.25) is 4.79 Å². The molecular weight excluding hydrogens is 380 g/mol. The third-order valence-corrected chi connectivity index (χ3v) is 10.6. The minimum absolute atomic E-state index is 0.111. The highest BCUT2D eigenvalue weighted by molar-refractivity contribution is 5.69. The molecule has 5 nitrogen and oxygen atoms in total. The minimum Gasteiger partial charge on any atom is -0.469 e. The first-order valence-corrected chi connectivity index (χ1v) is 12.2. The average molecular weight is 423 g/mol. The first-order valence-electron chi connectivity index (χ1n) is 12.2. The molecule has 0 aromatic carbocycles. The van der Waals surface area contributed by atoms with Crippen LogP contribution in [0.5, 0.6) is 0 Å². The molecule has 4 rings (SSSR count). The second-order valence-corrected chi connectivity index (χ2v) is 11.6. The van der Waals surface area contributed by atoms with Crippen molar-refractivity contribution in [3.05, 3.63) is 0 Å². The quantitative estimate of drug-likeness (QED) is 0.603. The molecule has 5 unspecified atom stereocenters. The number of fused-ring (bicyclic) bond motifs is 5. The molecule has 4 aliphatic carbocycles. The lowest BCUT2D eigenvalue weighted by molar-refractivity contribution is -0.207. The van der Waals surface area contributed by atoms with Gasteiger partial charge in [-0.25, -0.2) is 0 Å².